The van der Waals surface area contributed by atoms with E-state index in [0.717, 1.165) is 12.8 Å². The van der Waals surface area contributed by atoms with Gasteiger partial charge in [-0.3, -0.25) is 4.79 Å². The van der Waals surface area contributed by atoms with Crippen LogP contribution in [0.15, 0.2) is 30.3 Å². The first-order valence-electron chi connectivity index (χ1n) is 15.5. The Morgan fingerprint density at radius 2 is 1.76 bits per heavy atom. The van der Waals surface area contributed by atoms with E-state index in [2.05, 4.69) is 20.0 Å². The minimum atomic E-state index is -4.84. The molecule has 0 radical (unpaired) electrons. The van der Waals surface area contributed by atoms with Gasteiger partial charge in [0.05, 0.1) is 24.9 Å². The summed E-state index contributed by atoms with van der Waals surface area (Å²) in [7, 11) is 1.64. The van der Waals surface area contributed by atoms with Gasteiger partial charge in [0.1, 0.15) is 11.4 Å². The minimum absolute atomic E-state index is 0.0631. The SMILES string of the molecule is CO[C@@H]1COCC[C@@H]1NC1CCN(C(=O)c2cc(CC[C@H]3CCC[C@@H](c4ccc(OC(F)(F)F)cc4)O3)nc(C(F)(F)F)n2)CC1. The number of hydrogen-bond donors (Lipinski definition) is 1. The van der Waals surface area contributed by atoms with Crippen LogP contribution in [0.1, 0.15) is 78.6 Å². The molecule has 0 unspecified atom stereocenters. The summed E-state index contributed by atoms with van der Waals surface area (Å²) in [5.41, 5.74) is 0.474. The number of likely N-dealkylation sites (tertiary alicyclic amines) is 1. The lowest BCUT2D eigenvalue weighted by molar-refractivity contribution is -0.274. The summed E-state index contributed by atoms with van der Waals surface area (Å²) in [6.07, 6.45) is -5.74. The smallest absolute Gasteiger partial charge is 0.406 e. The number of nitrogens with one attached hydrogen (secondary N) is 1. The fourth-order valence-corrected chi connectivity index (χ4v) is 6.26. The molecular weight excluding hydrogens is 622 g/mol. The van der Waals surface area contributed by atoms with Gasteiger partial charge < -0.3 is 29.2 Å². The van der Waals surface area contributed by atoms with Crippen molar-refractivity contribution < 1.29 is 50.1 Å². The predicted octanol–water partition coefficient (Wildman–Crippen LogP) is 5.64. The first-order valence-corrected chi connectivity index (χ1v) is 15.5. The minimum Gasteiger partial charge on any atom is -0.406 e. The third kappa shape index (κ3) is 9.29. The highest BCUT2D eigenvalue weighted by atomic mass is 19.4. The van der Waals surface area contributed by atoms with Gasteiger partial charge in [0, 0.05) is 44.6 Å². The second-order valence-corrected chi connectivity index (χ2v) is 11.9. The Kier molecular flexibility index (Phi) is 11.1. The summed E-state index contributed by atoms with van der Waals surface area (Å²) in [4.78, 5) is 22.2. The van der Waals surface area contributed by atoms with Crippen LogP contribution >= 0.6 is 0 Å². The molecule has 0 aliphatic carbocycles. The molecule has 1 amide bonds. The molecule has 254 valence electrons. The molecule has 9 nitrogen and oxygen atoms in total. The van der Waals surface area contributed by atoms with Crippen molar-refractivity contribution >= 4 is 5.91 Å². The van der Waals surface area contributed by atoms with Crippen molar-refractivity contribution in [1.29, 1.82) is 0 Å². The summed E-state index contributed by atoms with van der Waals surface area (Å²) in [6, 6.07) is 7.05. The maximum atomic E-state index is 13.8. The molecule has 0 saturated carbocycles. The van der Waals surface area contributed by atoms with Gasteiger partial charge in [0.2, 0.25) is 5.82 Å². The van der Waals surface area contributed by atoms with Crippen LogP contribution in [0.4, 0.5) is 26.3 Å². The van der Waals surface area contributed by atoms with Crippen molar-refractivity contribution in [3.63, 3.8) is 0 Å². The molecule has 3 aliphatic rings. The van der Waals surface area contributed by atoms with E-state index < -0.39 is 24.3 Å². The number of methoxy groups -OCH3 is 1. The summed E-state index contributed by atoms with van der Waals surface area (Å²) in [5.74, 6) is -2.27. The highest BCUT2D eigenvalue weighted by Crippen LogP contribution is 2.35. The lowest BCUT2D eigenvalue weighted by Crippen LogP contribution is -2.54. The van der Waals surface area contributed by atoms with Crippen molar-refractivity contribution in [3.8, 4) is 5.75 Å². The number of benzene rings is 1. The zero-order valence-corrected chi connectivity index (χ0v) is 25.4. The second kappa shape index (κ2) is 14.8. The largest absolute Gasteiger partial charge is 0.573 e. The molecule has 4 atom stereocenters. The lowest BCUT2D eigenvalue weighted by atomic mass is 9.96. The number of nitrogens with zero attached hydrogens (tertiary/aromatic N) is 3. The molecule has 4 heterocycles. The molecule has 5 rings (SSSR count). The maximum Gasteiger partial charge on any atom is 0.573 e. The molecule has 3 aliphatic heterocycles. The predicted molar refractivity (Wildman–Crippen MR) is 152 cm³/mol. The number of carbonyl (C=O) groups is 1. The standard InChI is InChI=1S/C31H38F6N4O5/c1-43-27-18-44-16-13-24(27)38-20-11-14-41(15-12-20)28(42)25-17-21(39-29(40-25)30(32,33)34)7-10-22-3-2-4-26(45-22)19-5-8-23(9-6-19)46-31(35,36)37/h5-6,8-9,17,20,22,24,26-27,38H,2-4,7,10-16,18H2,1H3/t22-,24+,26+,27-/m1/s1. The molecule has 1 aromatic heterocycles. The topological polar surface area (TPSA) is 95.0 Å². The number of ether oxygens (including phenoxy) is 4. The van der Waals surface area contributed by atoms with E-state index in [-0.39, 0.29) is 54.0 Å². The van der Waals surface area contributed by atoms with Gasteiger partial charge in [-0.2, -0.15) is 13.2 Å². The highest BCUT2D eigenvalue weighted by Gasteiger charge is 2.37. The van der Waals surface area contributed by atoms with Crippen molar-refractivity contribution in [2.75, 3.05) is 33.4 Å². The van der Waals surface area contributed by atoms with Gasteiger partial charge in [-0.25, -0.2) is 9.97 Å². The molecule has 2 aromatic rings. The van der Waals surface area contributed by atoms with E-state index in [1.807, 2.05) is 0 Å². The van der Waals surface area contributed by atoms with Crippen LogP contribution in [-0.4, -0.2) is 84.8 Å². The Balaban J connectivity index is 1.19. The summed E-state index contributed by atoms with van der Waals surface area (Å²) >= 11 is 0. The number of aromatic nitrogens is 2. The fourth-order valence-electron chi connectivity index (χ4n) is 6.26. The Morgan fingerprint density at radius 1 is 1.02 bits per heavy atom. The Hall–Kier alpha value is -3.01. The quantitative estimate of drug-likeness (QED) is 0.346. The van der Waals surface area contributed by atoms with Crippen LogP contribution in [0.25, 0.3) is 0 Å². The van der Waals surface area contributed by atoms with E-state index in [4.69, 9.17) is 14.2 Å². The van der Waals surface area contributed by atoms with Crippen molar-refractivity contribution in [1.82, 2.24) is 20.2 Å². The lowest BCUT2D eigenvalue weighted by Gasteiger charge is -2.38. The summed E-state index contributed by atoms with van der Waals surface area (Å²) in [6.45, 7) is 1.89. The van der Waals surface area contributed by atoms with Gasteiger partial charge in [0.25, 0.3) is 5.91 Å². The molecule has 1 aromatic carbocycles. The fraction of sp³-hybridized carbons (Fsp3) is 0.645. The number of rotatable bonds is 9. The third-order valence-corrected chi connectivity index (χ3v) is 8.65. The molecule has 46 heavy (non-hydrogen) atoms. The molecule has 0 bridgehead atoms. The molecular formula is C31H38F6N4O5. The first-order chi connectivity index (χ1) is 21.9. The van der Waals surface area contributed by atoms with E-state index in [1.54, 1.807) is 7.11 Å². The van der Waals surface area contributed by atoms with E-state index in [0.29, 0.717) is 64.0 Å². The van der Waals surface area contributed by atoms with E-state index in [1.165, 1.54) is 35.2 Å². The Bertz CT molecular complexity index is 1300. The van der Waals surface area contributed by atoms with Crippen molar-refractivity contribution in [2.24, 2.45) is 0 Å². The zero-order valence-electron chi connectivity index (χ0n) is 25.4. The van der Waals surface area contributed by atoms with Crippen LogP contribution in [0.5, 0.6) is 5.75 Å². The average molecular weight is 661 g/mol. The summed E-state index contributed by atoms with van der Waals surface area (Å²) in [5, 5.41) is 3.59. The number of alkyl halides is 6. The third-order valence-electron chi connectivity index (χ3n) is 8.65. The summed E-state index contributed by atoms with van der Waals surface area (Å²) < 4.78 is 99.8. The van der Waals surface area contributed by atoms with E-state index in [9.17, 15) is 31.1 Å². The number of hydrogen-bond acceptors (Lipinski definition) is 8. The molecule has 3 fully saturated rings. The monoisotopic (exact) mass is 660 g/mol. The van der Waals surface area contributed by atoms with Crippen LogP contribution in [0.3, 0.4) is 0 Å². The van der Waals surface area contributed by atoms with Crippen LogP contribution in [-0.2, 0) is 26.8 Å². The van der Waals surface area contributed by atoms with E-state index >= 15 is 0 Å². The normalized spacial score (nSPS) is 25.0. The van der Waals surface area contributed by atoms with Crippen LogP contribution in [0.2, 0.25) is 0 Å². The number of aryl methyl sites for hydroxylation is 1. The Labute approximate surface area is 262 Å². The van der Waals surface area contributed by atoms with Gasteiger partial charge in [-0.1, -0.05) is 12.1 Å². The van der Waals surface area contributed by atoms with Gasteiger partial charge in [-0.05, 0) is 75.1 Å². The Morgan fingerprint density at radius 3 is 2.43 bits per heavy atom. The maximum absolute atomic E-state index is 13.8. The molecule has 3 saturated heterocycles. The van der Waals surface area contributed by atoms with Gasteiger partial charge in [0.15, 0.2) is 0 Å². The van der Waals surface area contributed by atoms with Gasteiger partial charge in [-0.15, -0.1) is 13.2 Å². The van der Waals surface area contributed by atoms with Crippen molar-refractivity contribution in [3.05, 3.63) is 53.1 Å². The zero-order chi connectivity index (χ0) is 32.9. The average Bonchev–Trinajstić information content (AvgIpc) is 3.03. The van der Waals surface area contributed by atoms with Crippen LogP contribution < -0.4 is 10.1 Å². The highest BCUT2D eigenvalue weighted by molar-refractivity contribution is 5.92. The number of halogens is 6. The first kappa shape index (κ1) is 34.3. The second-order valence-electron chi connectivity index (χ2n) is 11.9. The number of amides is 1. The number of carbonyl (C=O) groups excluding carboxylic acids is 1. The molecule has 0 spiro atoms. The molecule has 15 heteroatoms. The van der Waals surface area contributed by atoms with Crippen molar-refractivity contribution in [2.45, 2.75) is 94.3 Å². The molecule has 1 N–H and O–H groups in total. The number of piperidine rings is 1. The van der Waals surface area contributed by atoms with Crippen LogP contribution in [0, 0.1) is 0 Å². The van der Waals surface area contributed by atoms with Gasteiger partial charge >= 0.3 is 12.5 Å².